The fourth-order valence-corrected chi connectivity index (χ4v) is 1.94. The summed E-state index contributed by atoms with van der Waals surface area (Å²) in [6.07, 6.45) is -3.11. The van der Waals surface area contributed by atoms with Gasteiger partial charge >= 0.3 is 6.18 Å². The van der Waals surface area contributed by atoms with Crippen LogP contribution in [0, 0.1) is 11.3 Å². The molecule has 1 aromatic carbocycles. The average Bonchev–Trinajstić information content (AvgIpc) is 2.42. The zero-order chi connectivity index (χ0) is 15.6. The summed E-state index contributed by atoms with van der Waals surface area (Å²) in [7, 11) is 0. The van der Waals surface area contributed by atoms with Gasteiger partial charge in [-0.25, -0.2) is 4.98 Å². The number of nitrogens with two attached hydrogens (primary N) is 1. The lowest BCUT2D eigenvalue weighted by atomic mass is 10.2. The van der Waals surface area contributed by atoms with Gasteiger partial charge in [0.1, 0.15) is 6.07 Å². The molecule has 0 saturated heterocycles. The van der Waals surface area contributed by atoms with Crippen LogP contribution in [0.15, 0.2) is 34.9 Å². The van der Waals surface area contributed by atoms with Gasteiger partial charge in [0.2, 0.25) is 0 Å². The maximum Gasteiger partial charge on any atom is 0.416 e. The summed E-state index contributed by atoms with van der Waals surface area (Å²) in [6, 6.07) is 6.46. The molecule has 2 aromatic rings. The molecule has 0 spiro atoms. The van der Waals surface area contributed by atoms with E-state index < -0.39 is 11.7 Å². The molecule has 0 unspecified atom stereocenters. The Morgan fingerprint density at radius 2 is 2.00 bits per heavy atom. The lowest BCUT2D eigenvalue weighted by Gasteiger charge is -2.13. The molecule has 3 N–H and O–H groups in total. The minimum atomic E-state index is -4.45. The Kier molecular flexibility index (Phi) is 4.04. The van der Waals surface area contributed by atoms with Crippen molar-refractivity contribution in [2.75, 3.05) is 11.1 Å². The van der Waals surface area contributed by atoms with Crippen molar-refractivity contribution in [2.45, 2.75) is 6.18 Å². The maximum atomic E-state index is 12.7. The first kappa shape index (κ1) is 15.1. The number of nitrogen functional groups attached to an aromatic ring is 1. The van der Waals surface area contributed by atoms with E-state index in [1.54, 1.807) is 0 Å². The summed E-state index contributed by atoms with van der Waals surface area (Å²) < 4.78 is 38.5. The molecule has 0 aliphatic heterocycles. The summed E-state index contributed by atoms with van der Waals surface area (Å²) >= 11 is 3.15. The van der Waals surface area contributed by atoms with Gasteiger partial charge in [-0.05, 0) is 40.2 Å². The SMILES string of the molecule is N#Cc1ccnc(Nc2cc(C(F)(F)F)ccc2Br)c1N. The van der Waals surface area contributed by atoms with E-state index in [4.69, 9.17) is 11.0 Å². The number of halogens is 4. The zero-order valence-corrected chi connectivity index (χ0v) is 12.0. The molecule has 0 bridgehead atoms. The molecule has 0 aliphatic carbocycles. The Labute approximate surface area is 126 Å². The lowest BCUT2D eigenvalue weighted by molar-refractivity contribution is -0.137. The van der Waals surface area contributed by atoms with Crippen molar-refractivity contribution in [1.29, 1.82) is 5.26 Å². The minimum Gasteiger partial charge on any atom is -0.395 e. The van der Waals surface area contributed by atoms with Gasteiger partial charge in [0.05, 0.1) is 22.5 Å². The number of rotatable bonds is 2. The fraction of sp³-hybridized carbons (Fsp3) is 0.0769. The predicted octanol–water partition coefficient (Wildman–Crippen LogP) is 4.06. The van der Waals surface area contributed by atoms with Crippen molar-refractivity contribution in [2.24, 2.45) is 0 Å². The number of hydrogen-bond acceptors (Lipinski definition) is 4. The molecule has 108 valence electrons. The number of nitriles is 1. The van der Waals surface area contributed by atoms with Crippen LogP contribution in [0.1, 0.15) is 11.1 Å². The van der Waals surface area contributed by atoms with Crippen molar-refractivity contribution in [3.8, 4) is 6.07 Å². The smallest absolute Gasteiger partial charge is 0.395 e. The van der Waals surface area contributed by atoms with Crippen molar-refractivity contribution in [3.05, 3.63) is 46.1 Å². The number of pyridine rings is 1. The van der Waals surface area contributed by atoms with E-state index >= 15 is 0 Å². The van der Waals surface area contributed by atoms with Gasteiger partial charge in [-0.3, -0.25) is 0 Å². The molecular weight excluding hydrogens is 349 g/mol. The van der Waals surface area contributed by atoms with Gasteiger partial charge in [-0.1, -0.05) is 0 Å². The second-order valence-corrected chi connectivity index (χ2v) is 4.90. The third-order valence-electron chi connectivity index (χ3n) is 2.66. The van der Waals surface area contributed by atoms with E-state index in [-0.39, 0.29) is 22.8 Å². The van der Waals surface area contributed by atoms with Crippen LogP contribution in [0.3, 0.4) is 0 Å². The van der Waals surface area contributed by atoms with Gasteiger partial charge < -0.3 is 11.1 Å². The average molecular weight is 357 g/mol. The van der Waals surface area contributed by atoms with E-state index in [0.717, 1.165) is 12.1 Å². The van der Waals surface area contributed by atoms with E-state index in [0.29, 0.717) is 4.47 Å². The molecule has 1 aromatic heterocycles. The van der Waals surface area contributed by atoms with E-state index in [1.807, 2.05) is 6.07 Å². The highest BCUT2D eigenvalue weighted by Gasteiger charge is 2.31. The Morgan fingerprint density at radius 3 is 2.62 bits per heavy atom. The van der Waals surface area contributed by atoms with Crippen LogP contribution in [0.4, 0.5) is 30.4 Å². The summed E-state index contributed by atoms with van der Waals surface area (Å²) in [6.45, 7) is 0. The van der Waals surface area contributed by atoms with Gasteiger partial charge in [0.15, 0.2) is 5.82 Å². The molecule has 4 nitrogen and oxygen atoms in total. The maximum absolute atomic E-state index is 12.7. The Balaban J connectivity index is 2.43. The number of alkyl halides is 3. The number of hydrogen-bond donors (Lipinski definition) is 2. The summed E-state index contributed by atoms with van der Waals surface area (Å²) in [4.78, 5) is 3.93. The van der Waals surface area contributed by atoms with Crippen LogP contribution in [-0.4, -0.2) is 4.98 Å². The topological polar surface area (TPSA) is 74.7 Å². The van der Waals surface area contributed by atoms with E-state index in [2.05, 4.69) is 26.2 Å². The van der Waals surface area contributed by atoms with E-state index in [1.165, 1.54) is 18.3 Å². The van der Waals surface area contributed by atoms with Crippen LogP contribution in [0.2, 0.25) is 0 Å². The van der Waals surface area contributed by atoms with Gasteiger partial charge in [-0.15, -0.1) is 0 Å². The van der Waals surface area contributed by atoms with Crippen LogP contribution < -0.4 is 11.1 Å². The number of nitrogens with zero attached hydrogens (tertiary/aromatic N) is 2. The monoisotopic (exact) mass is 356 g/mol. The van der Waals surface area contributed by atoms with Crippen LogP contribution in [0.25, 0.3) is 0 Å². The van der Waals surface area contributed by atoms with Crippen molar-refractivity contribution in [3.63, 3.8) is 0 Å². The van der Waals surface area contributed by atoms with Crippen molar-refractivity contribution in [1.82, 2.24) is 4.98 Å². The van der Waals surface area contributed by atoms with Gasteiger partial charge in [-0.2, -0.15) is 18.4 Å². The zero-order valence-electron chi connectivity index (χ0n) is 10.4. The highest BCUT2D eigenvalue weighted by Crippen LogP contribution is 2.35. The highest BCUT2D eigenvalue weighted by atomic mass is 79.9. The Bertz CT molecular complexity index is 722. The molecule has 2 rings (SSSR count). The lowest BCUT2D eigenvalue weighted by Crippen LogP contribution is -2.07. The second kappa shape index (κ2) is 5.61. The van der Waals surface area contributed by atoms with Crippen LogP contribution in [-0.2, 0) is 6.18 Å². The Morgan fingerprint density at radius 1 is 1.29 bits per heavy atom. The first-order chi connectivity index (χ1) is 9.82. The first-order valence-electron chi connectivity index (χ1n) is 5.61. The van der Waals surface area contributed by atoms with Crippen LogP contribution in [0.5, 0.6) is 0 Å². The number of aromatic nitrogens is 1. The summed E-state index contributed by atoms with van der Waals surface area (Å²) in [5.41, 5.74) is 5.34. The number of nitrogens with one attached hydrogen (secondary N) is 1. The fourth-order valence-electron chi connectivity index (χ4n) is 1.60. The highest BCUT2D eigenvalue weighted by molar-refractivity contribution is 9.10. The Hall–Kier alpha value is -2.27. The molecule has 21 heavy (non-hydrogen) atoms. The molecular formula is C13H8BrF3N4. The molecule has 1 heterocycles. The van der Waals surface area contributed by atoms with E-state index in [9.17, 15) is 13.2 Å². The molecule has 0 amide bonds. The summed E-state index contributed by atoms with van der Waals surface area (Å²) in [5, 5.41) is 11.6. The molecule has 0 radical (unpaired) electrons. The first-order valence-corrected chi connectivity index (χ1v) is 6.40. The molecule has 0 aliphatic rings. The third-order valence-corrected chi connectivity index (χ3v) is 3.35. The third kappa shape index (κ3) is 3.25. The van der Waals surface area contributed by atoms with Gasteiger partial charge in [0, 0.05) is 10.7 Å². The normalized spacial score (nSPS) is 11.0. The largest absolute Gasteiger partial charge is 0.416 e. The predicted molar refractivity (Wildman–Crippen MR) is 75.8 cm³/mol. The molecule has 8 heteroatoms. The quantitative estimate of drug-likeness (QED) is 0.850. The van der Waals surface area contributed by atoms with Gasteiger partial charge in [0.25, 0.3) is 0 Å². The second-order valence-electron chi connectivity index (χ2n) is 4.05. The number of anilines is 3. The minimum absolute atomic E-state index is 0.0734. The molecule has 0 saturated carbocycles. The number of benzene rings is 1. The van der Waals surface area contributed by atoms with Crippen molar-refractivity contribution < 1.29 is 13.2 Å². The van der Waals surface area contributed by atoms with Crippen LogP contribution >= 0.6 is 15.9 Å². The molecule has 0 atom stereocenters. The summed E-state index contributed by atoms with van der Waals surface area (Å²) in [5.74, 6) is 0.120. The standard InChI is InChI=1S/C13H8BrF3N4/c14-9-2-1-8(13(15,16)17)5-10(9)21-12-11(19)7(6-18)3-4-20-12/h1-5H,19H2,(H,20,21). The van der Waals surface area contributed by atoms with Crippen molar-refractivity contribution >= 4 is 33.1 Å². The molecule has 0 fully saturated rings.